The van der Waals surface area contributed by atoms with Gasteiger partial charge < -0.3 is 10.7 Å². The molecular formula is C17H13N3O. The highest BCUT2D eigenvalue weighted by Crippen LogP contribution is 2.24. The van der Waals surface area contributed by atoms with Crippen molar-refractivity contribution in [1.82, 2.24) is 9.55 Å². The zero-order valence-electron chi connectivity index (χ0n) is 11.2. The zero-order chi connectivity index (χ0) is 14.4. The third-order valence-corrected chi connectivity index (χ3v) is 3.71. The number of nitrogens with two attached hydrogens (primary N) is 1. The number of aromatic nitrogens is 2. The number of rotatable bonds is 1. The van der Waals surface area contributed by atoms with E-state index in [0.29, 0.717) is 5.69 Å². The molecule has 4 nitrogen and oxygen atoms in total. The number of imidazole rings is 1. The highest BCUT2D eigenvalue weighted by Gasteiger charge is 2.11. The molecule has 1 aromatic heterocycles. The van der Waals surface area contributed by atoms with Crippen molar-refractivity contribution in [2.75, 3.05) is 5.73 Å². The minimum absolute atomic E-state index is 0.160. The summed E-state index contributed by atoms with van der Waals surface area (Å²) in [7, 11) is 0. The number of nitrogens with one attached hydrogen (secondary N) is 1. The van der Waals surface area contributed by atoms with Crippen molar-refractivity contribution < 1.29 is 0 Å². The van der Waals surface area contributed by atoms with Crippen LogP contribution in [-0.4, -0.2) is 9.55 Å². The lowest BCUT2D eigenvalue weighted by Gasteiger charge is -2.08. The van der Waals surface area contributed by atoms with Crippen molar-refractivity contribution >= 4 is 27.5 Å². The van der Waals surface area contributed by atoms with Crippen LogP contribution in [0.15, 0.2) is 65.5 Å². The van der Waals surface area contributed by atoms with Crippen molar-refractivity contribution in [3.8, 4) is 5.69 Å². The van der Waals surface area contributed by atoms with Crippen molar-refractivity contribution in [3.63, 3.8) is 0 Å². The van der Waals surface area contributed by atoms with Crippen LogP contribution in [0.1, 0.15) is 0 Å². The van der Waals surface area contributed by atoms with E-state index in [4.69, 9.17) is 5.73 Å². The number of H-pyrrole nitrogens is 1. The fourth-order valence-corrected chi connectivity index (χ4v) is 2.77. The Kier molecular flexibility index (Phi) is 2.38. The Hall–Kier alpha value is -3.01. The Morgan fingerprint density at radius 3 is 2.67 bits per heavy atom. The normalized spacial score (nSPS) is 11.2. The number of fused-ring (bicyclic) bond motifs is 2. The van der Waals surface area contributed by atoms with Crippen LogP contribution in [0, 0.1) is 0 Å². The van der Waals surface area contributed by atoms with Crippen molar-refractivity contribution in [2.24, 2.45) is 0 Å². The molecular weight excluding hydrogens is 262 g/mol. The van der Waals surface area contributed by atoms with Crippen LogP contribution in [-0.2, 0) is 0 Å². The average molecular weight is 275 g/mol. The maximum absolute atomic E-state index is 12.4. The van der Waals surface area contributed by atoms with Gasteiger partial charge in [-0.2, -0.15) is 0 Å². The Morgan fingerprint density at radius 1 is 0.952 bits per heavy atom. The predicted octanol–water partition coefficient (Wildman–Crippen LogP) is 3.05. The predicted molar refractivity (Wildman–Crippen MR) is 85.8 cm³/mol. The first kappa shape index (κ1) is 11.8. The number of nitrogens with zero attached hydrogens (tertiary/aromatic N) is 1. The first-order chi connectivity index (χ1) is 10.2. The van der Waals surface area contributed by atoms with E-state index < -0.39 is 0 Å². The number of hydrogen-bond donors (Lipinski definition) is 2. The zero-order valence-corrected chi connectivity index (χ0v) is 11.2. The Balaban J connectivity index is 2.14. The molecule has 0 bridgehead atoms. The summed E-state index contributed by atoms with van der Waals surface area (Å²) in [6.07, 6.45) is 0. The lowest BCUT2D eigenvalue weighted by atomic mass is 10.1. The molecule has 0 saturated carbocycles. The summed E-state index contributed by atoms with van der Waals surface area (Å²) in [6, 6.07) is 19.4. The summed E-state index contributed by atoms with van der Waals surface area (Å²) >= 11 is 0. The molecule has 4 heteroatoms. The summed E-state index contributed by atoms with van der Waals surface area (Å²) in [5.74, 6) is 0. The summed E-state index contributed by atoms with van der Waals surface area (Å²) in [5.41, 5.74) is 8.69. The average Bonchev–Trinajstić information content (AvgIpc) is 2.81. The molecule has 3 aromatic carbocycles. The highest BCUT2D eigenvalue weighted by molar-refractivity contribution is 5.92. The first-order valence-electron chi connectivity index (χ1n) is 6.72. The molecule has 0 fully saturated rings. The quantitative estimate of drug-likeness (QED) is 0.524. The van der Waals surface area contributed by atoms with E-state index in [1.54, 1.807) is 16.7 Å². The lowest BCUT2D eigenvalue weighted by Crippen LogP contribution is -2.14. The fourth-order valence-electron chi connectivity index (χ4n) is 2.77. The second-order valence-corrected chi connectivity index (χ2v) is 5.04. The molecule has 0 aliphatic heterocycles. The van der Waals surface area contributed by atoms with Gasteiger partial charge in [-0.15, -0.1) is 0 Å². The molecule has 0 spiro atoms. The third-order valence-electron chi connectivity index (χ3n) is 3.71. The summed E-state index contributed by atoms with van der Waals surface area (Å²) in [5, 5.41) is 2.14. The van der Waals surface area contributed by atoms with Crippen molar-refractivity contribution in [3.05, 3.63) is 71.1 Å². The topological polar surface area (TPSA) is 63.8 Å². The van der Waals surface area contributed by atoms with Gasteiger partial charge in [-0.05, 0) is 29.7 Å². The molecule has 0 aliphatic rings. The number of nitrogen functional groups attached to an aromatic ring is 1. The van der Waals surface area contributed by atoms with Gasteiger partial charge in [0.2, 0.25) is 0 Å². The minimum atomic E-state index is -0.160. The van der Waals surface area contributed by atoms with Gasteiger partial charge in [0.05, 0.1) is 16.7 Å². The highest BCUT2D eigenvalue weighted by atomic mass is 16.1. The van der Waals surface area contributed by atoms with Crippen molar-refractivity contribution in [2.45, 2.75) is 0 Å². The molecule has 1 heterocycles. The molecule has 21 heavy (non-hydrogen) atoms. The van der Waals surface area contributed by atoms with E-state index in [-0.39, 0.29) is 5.69 Å². The van der Waals surface area contributed by atoms with E-state index in [9.17, 15) is 4.79 Å². The molecule has 0 saturated heterocycles. The molecule has 0 unspecified atom stereocenters. The largest absolute Gasteiger partial charge is 0.399 e. The minimum Gasteiger partial charge on any atom is -0.399 e. The molecule has 0 atom stereocenters. The molecule has 102 valence electrons. The second kappa shape index (κ2) is 4.24. The van der Waals surface area contributed by atoms with Gasteiger partial charge >= 0.3 is 5.69 Å². The van der Waals surface area contributed by atoms with E-state index >= 15 is 0 Å². The van der Waals surface area contributed by atoms with Gasteiger partial charge in [-0.1, -0.05) is 36.4 Å². The lowest BCUT2D eigenvalue weighted by molar-refractivity contribution is 1.03. The molecule has 0 aliphatic carbocycles. The Bertz CT molecular complexity index is 1020. The van der Waals surface area contributed by atoms with Crippen LogP contribution in [0.5, 0.6) is 0 Å². The number of hydrogen-bond acceptors (Lipinski definition) is 2. The third kappa shape index (κ3) is 1.73. The van der Waals surface area contributed by atoms with Gasteiger partial charge in [0, 0.05) is 11.1 Å². The Morgan fingerprint density at radius 2 is 1.76 bits per heavy atom. The van der Waals surface area contributed by atoms with E-state index in [2.05, 4.69) is 4.98 Å². The number of anilines is 1. The molecule has 4 rings (SSSR count). The number of benzene rings is 3. The standard InChI is InChI=1S/C17H13N3O/c18-12-8-9-16-14(10-12)19-17(21)20(16)15-7-3-5-11-4-1-2-6-13(11)15/h1-10H,18H2,(H,19,21). The van der Waals surface area contributed by atoms with Crippen LogP contribution in [0.4, 0.5) is 5.69 Å². The maximum Gasteiger partial charge on any atom is 0.331 e. The van der Waals surface area contributed by atoms with E-state index in [1.807, 2.05) is 48.5 Å². The van der Waals surface area contributed by atoms with Gasteiger partial charge in [0.1, 0.15) is 0 Å². The van der Waals surface area contributed by atoms with Gasteiger partial charge in [-0.25, -0.2) is 4.79 Å². The summed E-state index contributed by atoms with van der Waals surface area (Å²) < 4.78 is 1.69. The van der Waals surface area contributed by atoms with Crippen LogP contribution in [0.2, 0.25) is 0 Å². The molecule has 0 radical (unpaired) electrons. The van der Waals surface area contributed by atoms with Crippen LogP contribution >= 0.6 is 0 Å². The molecule has 0 amide bonds. The van der Waals surface area contributed by atoms with Gasteiger partial charge in [0.25, 0.3) is 0 Å². The monoisotopic (exact) mass is 275 g/mol. The van der Waals surface area contributed by atoms with E-state index in [1.165, 1.54) is 0 Å². The Labute approximate surface area is 120 Å². The smallest absolute Gasteiger partial charge is 0.331 e. The van der Waals surface area contributed by atoms with E-state index in [0.717, 1.165) is 27.5 Å². The van der Waals surface area contributed by atoms with Crippen LogP contribution < -0.4 is 11.4 Å². The fraction of sp³-hybridized carbons (Fsp3) is 0. The van der Waals surface area contributed by atoms with Gasteiger partial charge in [0.15, 0.2) is 0 Å². The van der Waals surface area contributed by atoms with Crippen LogP contribution in [0.3, 0.4) is 0 Å². The molecule has 3 N–H and O–H groups in total. The number of aromatic amines is 1. The maximum atomic E-state index is 12.4. The second-order valence-electron chi connectivity index (χ2n) is 5.04. The first-order valence-corrected chi connectivity index (χ1v) is 6.72. The SMILES string of the molecule is Nc1ccc2c(c1)[nH]c(=O)n2-c1cccc2ccccc12. The summed E-state index contributed by atoms with van der Waals surface area (Å²) in [4.78, 5) is 15.2. The van der Waals surface area contributed by atoms with Crippen molar-refractivity contribution in [1.29, 1.82) is 0 Å². The molecule has 4 aromatic rings. The van der Waals surface area contributed by atoms with Gasteiger partial charge in [-0.3, -0.25) is 4.57 Å². The van der Waals surface area contributed by atoms with Crippen LogP contribution in [0.25, 0.3) is 27.5 Å². The summed E-state index contributed by atoms with van der Waals surface area (Å²) in [6.45, 7) is 0.